The highest BCUT2D eigenvalue weighted by Gasteiger charge is 2.23. The Hall–Kier alpha value is -3.63. The Kier molecular flexibility index (Phi) is 8.83. The van der Waals surface area contributed by atoms with Crippen molar-refractivity contribution >= 4 is 23.4 Å². The highest BCUT2D eigenvalue weighted by atomic mass is 16.5. The van der Waals surface area contributed by atoms with E-state index in [0.717, 1.165) is 35.3 Å². The van der Waals surface area contributed by atoms with Gasteiger partial charge in [0.05, 0.1) is 25.3 Å². The van der Waals surface area contributed by atoms with Crippen LogP contribution in [0.15, 0.2) is 36.4 Å². The maximum atomic E-state index is 13.0. The number of fused-ring (bicyclic) bond motifs is 3. The van der Waals surface area contributed by atoms with E-state index in [-0.39, 0.29) is 25.5 Å². The molecule has 0 radical (unpaired) electrons. The average Bonchev–Trinajstić information content (AvgIpc) is 2.83. The molecule has 2 aromatic carbocycles. The lowest BCUT2D eigenvalue weighted by atomic mass is 10.0. The normalized spacial score (nSPS) is 16.2. The van der Waals surface area contributed by atoms with E-state index in [1.165, 1.54) is 6.92 Å². The summed E-state index contributed by atoms with van der Waals surface area (Å²) in [6.07, 6.45) is 1.21. The van der Waals surface area contributed by atoms with Crippen LogP contribution < -0.4 is 30.9 Å². The van der Waals surface area contributed by atoms with Crippen LogP contribution in [-0.4, -0.2) is 42.6 Å². The van der Waals surface area contributed by atoms with Crippen LogP contribution >= 0.6 is 0 Å². The summed E-state index contributed by atoms with van der Waals surface area (Å²) < 4.78 is 11.5. The predicted molar refractivity (Wildman–Crippen MR) is 125 cm³/mol. The number of anilines is 1. The van der Waals surface area contributed by atoms with Crippen LogP contribution in [0, 0.1) is 0 Å². The fourth-order valence-corrected chi connectivity index (χ4v) is 3.65. The minimum atomic E-state index is -0.872. The Morgan fingerprint density at radius 2 is 2.00 bits per heavy atom. The van der Waals surface area contributed by atoms with Crippen LogP contribution in [0.25, 0.3) is 0 Å². The van der Waals surface area contributed by atoms with E-state index in [1.54, 1.807) is 30.8 Å². The van der Waals surface area contributed by atoms with Gasteiger partial charge in [0.25, 0.3) is 0 Å². The second kappa shape index (κ2) is 12.0. The molecule has 1 heterocycles. The van der Waals surface area contributed by atoms with Gasteiger partial charge in [0.2, 0.25) is 17.7 Å². The molecule has 3 rings (SSSR count). The molecule has 5 N–H and O–H groups in total. The molecule has 3 amide bonds. The zero-order valence-corrected chi connectivity index (χ0v) is 19.3. The summed E-state index contributed by atoms with van der Waals surface area (Å²) in [5.74, 6) is -0.127. The lowest BCUT2D eigenvalue weighted by Gasteiger charge is -2.21. The molecule has 10 nitrogen and oxygen atoms in total. The third kappa shape index (κ3) is 7.19. The predicted octanol–water partition coefficient (Wildman–Crippen LogP) is 1.65. The number of carbonyl (C=O) groups is 3. The molecule has 0 aromatic heterocycles. The number of amides is 3. The maximum Gasteiger partial charge on any atom is 0.245 e. The van der Waals surface area contributed by atoms with Gasteiger partial charge in [0.15, 0.2) is 0 Å². The summed E-state index contributed by atoms with van der Waals surface area (Å²) in [6, 6.07) is 10.3. The largest absolute Gasteiger partial charge is 0.497 e. The summed E-state index contributed by atoms with van der Waals surface area (Å²) >= 11 is 0. The highest BCUT2D eigenvalue weighted by Crippen LogP contribution is 2.28. The topological polar surface area (TPSA) is 138 Å². The lowest BCUT2D eigenvalue weighted by Crippen LogP contribution is -2.44. The van der Waals surface area contributed by atoms with E-state index in [9.17, 15) is 14.4 Å². The molecule has 2 bridgehead atoms. The number of ether oxygens (including phenoxy) is 2. The van der Waals surface area contributed by atoms with Crippen LogP contribution in [0.5, 0.6) is 11.5 Å². The van der Waals surface area contributed by atoms with Gasteiger partial charge in [-0.2, -0.15) is 0 Å². The van der Waals surface area contributed by atoms with Crippen molar-refractivity contribution in [3.05, 3.63) is 53.1 Å². The molecule has 10 heteroatoms. The lowest BCUT2D eigenvalue weighted by molar-refractivity contribution is -0.132. The summed E-state index contributed by atoms with van der Waals surface area (Å²) in [5, 5.41) is 17.6. The van der Waals surface area contributed by atoms with Gasteiger partial charge in [-0.25, -0.2) is 5.48 Å². The average molecular weight is 471 g/mol. The van der Waals surface area contributed by atoms with Crippen LogP contribution in [0.1, 0.15) is 36.5 Å². The minimum absolute atomic E-state index is 0.173. The Morgan fingerprint density at radius 3 is 2.74 bits per heavy atom. The number of hydrogen-bond acceptors (Lipinski definition) is 7. The number of aryl methyl sites for hydroxylation is 1. The SMILES string of the molecule is COc1cc2cc(c1)COc1ccc(CNC(C)=O)cc1NC(=O)C(CC(=O)NO)NCCC2. The van der Waals surface area contributed by atoms with Crippen molar-refractivity contribution < 1.29 is 29.1 Å². The van der Waals surface area contributed by atoms with E-state index in [2.05, 4.69) is 16.0 Å². The number of nitrogens with one attached hydrogen (secondary N) is 4. The molecule has 1 aliphatic heterocycles. The first-order chi connectivity index (χ1) is 16.4. The zero-order valence-electron chi connectivity index (χ0n) is 19.3. The fourth-order valence-electron chi connectivity index (χ4n) is 3.65. The number of rotatable bonds is 5. The number of hydrogen-bond donors (Lipinski definition) is 5. The smallest absolute Gasteiger partial charge is 0.245 e. The number of benzene rings is 2. The molecular formula is C24H30N4O6. The first kappa shape index (κ1) is 25.0. The first-order valence-corrected chi connectivity index (χ1v) is 11.0. The zero-order chi connectivity index (χ0) is 24.5. The van der Waals surface area contributed by atoms with Crippen molar-refractivity contribution in [2.75, 3.05) is 19.0 Å². The highest BCUT2D eigenvalue weighted by molar-refractivity contribution is 5.98. The van der Waals surface area contributed by atoms with Crippen molar-refractivity contribution in [3.63, 3.8) is 0 Å². The first-order valence-electron chi connectivity index (χ1n) is 11.0. The Bertz CT molecular complexity index is 1040. The molecule has 1 aliphatic rings. The number of hydroxylamine groups is 1. The molecule has 0 saturated heterocycles. The van der Waals surface area contributed by atoms with Crippen LogP contribution in [0.4, 0.5) is 5.69 Å². The van der Waals surface area contributed by atoms with Gasteiger partial charge in [0, 0.05) is 13.5 Å². The minimum Gasteiger partial charge on any atom is -0.497 e. The maximum absolute atomic E-state index is 13.0. The van der Waals surface area contributed by atoms with Gasteiger partial charge in [-0.05, 0) is 60.3 Å². The van der Waals surface area contributed by atoms with Gasteiger partial charge in [-0.1, -0.05) is 12.1 Å². The Balaban J connectivity index is 1.94. The summed E-state index contributed by atoms with van der Waals surface area (Å²) in [4.78, 5) is 36.1. The summed E-state index contributed by atoms with van der Waals surface area (Å²) in [6.45, 7) is 2.45. The van der Waals surface area contributed by atoms with E-state index >= 15 is 0 Å². The van der Waals surface area contributed by atoms with Crippen molar-refractivity contribution in [2.24, 2.45) is 0 Å². The van der Waals surface area contributed by atoms with Crippen molar-refractivity contribution in [2.45, 2.75) is 45.4 Å². The standard InChI is InChI=1S/C24H30N4O6/c1-15(29)26-13-17-5-6-22-20(11-17)27-24(31)21(12-23(30)28-32)25-7-3-4-16-8-18(14-34-22)10-19(9-16)33-2/h5-6,8-11,21,25,32H,3-4,7,12-14H2,1-2H3,(H,26,29)(H,27,31)(H,28,30). The molecule has 0 aliphatic carbocycles. The van der Waals surface area contributed by atoms with E-state index in [1.807, 2.05) is 18.2 Å². The molecule has 34 heavy (non-hydrogen) atoms. The van der Waals surface area contributed by atoms with Gasteiger partial charge >= 0.3 is 0 Å². The molecule has 0 spiro atoms. The van der Waals surface area contributed by atoms with Gasteiger partial charge in [-0.15, -0.1) is 0 Å². The van der Waals surface area contributed by atoms with Crippen molar-refractivity contribution in [1.29, 1.82) is 0 Å². The quantitative estimate of drug-likeness (QED) is 0.331. The van der Waals surface area contributed by atoms with E-state index in [0.29, 0.717) is 18.0 Å². The third-order valence-corrected chi connectivity index (χ3v) is 5.36. The second-order valence-electron chi connectivity index (χ2n) is 8.06. The third-order valence-electron chi connectivity index (χ3n) is 5.36. The van der Waals surface area contributed by atoms with E-state index in [4.69, 9.17) is 14.7 Å². The summed E-state index contributed by atoms with van der Waals surface area (Å²) in [7, 11) is 1.61. The molecule has 2 aromatic rings. The van der Waals surface area contributed by atoms with Crippen molar-refractivity contribution in [3.8, 4) is 11.5 Å². The fraction of sp³-hybridized carbons (Fsp3) is 0.375. The molecule has 1 unspecified atom stereocenters. The Morgan fingerprint density at radius 1 is 1.21 bits per heavy atom. The second-order valence-corrected chi connectivity index (χ2v) is 8.06. The number of carbonyl (C=O) groups excluding carboxylic acids is 3. The van der Waals surface area contributed by atoms with Gasteiger partial charge < -0.3 is 25.4 Å². The van der Waals surface area contributed by atoms with Gasteiger partial charge in [-0.3, -0.25) is 19.6 Å². The van der Waals surface area contributed by atoms with Crippen LogP contribution in [0.3, 0.4) is 0 Å². The molecule has 1 atom stereocenters. The molecular weight excluding hydrogens is 440 g/mol. The molecule has 0 saturated carbocycles. The van der Waals surface area contributed by atoms with Crippen LogP contribution in [-0.2, 0) is 34.0 Å². The van der Waals surface area contributed by atoms with Crippen molar-refractivity contribution in [1.82, 2.24) is 16.1 Å². The molecule has 0 fully saturated rings. The Labute approximate surface area is 198 Å². The van der Waals surface area contributed by atoms with Crippen LogP contribution in [0.2, 0.25) is 0 Å². The summed E-state index contributed by atoms with van der Waals surface area (Å²) in [5.41, 5.74) is 4.74. The van der Waals surface area contributed by atoms with Gasteiger partial charge in [0.1, 0.15) is 18.1 Å². The van der Waals surface area contributed by atoms with E-state index < -0.39 is 17.9 Å². The molecule has 182 valence electrons. The monoisotopic (exact) mass is 470 g/mol. The number of methoxy groups -OCH3 is 1.